The molecule has 19 heavy (non-hydrogen) atoms. The average Bonchev–Trinajstić information content (AvgIpc) is 2.89. The quantitative estimate of drug-likeness (QED) is 0.828. The molecule has 2 rings (SSSR count). The van der Waals surface area contributed by atoms with E-state index in [1.165, 1.54) is 0 Å². The van der Waals surface area contributed by atoms with Gasteiger partial charge in [0.1, 0.15) is 0 Å². The van der Waals surface area contributed by atoms with Gasteiger partial charge in [-0.25, -0.2) is 0 Å². The highest BCUT2D eigenvalue weighted by Gasteiger charge is 2.18. The zero-order valence-electron chi connectivity index (χ0n) is 11.6. The highest BCUT2D eigenvalue weighted by molar-refractivity contribution is 5.19. The topological polar surface area (TPSA) is 55.6 Å². The van der Waals surface area contributed by atoms with Crippen molar-refractivity contribution >= 4 is 0 Å². The van der Waals surface area contributed by atoms with Crippen LogP contribution < -0.4 is 5.32 Å². The molecule has 2 aromatic heterocycles. The highest BCUT2D eigenvalue weighted by Crippen LogP contribution is 2.19. The third-order valence-corrected chi connectivity index (χ3v) is 2.96. The summed E-state index contributed by atoms with van der Waals surface area (Å²) in [5.41, 5.74) is 2.09. The molecule has 0 saturated heterocycles. The molecule has 0 radical (unpaired) electrons. The molecule has 0 fully saturated rings. The van der Waals surface area contributed by atoms with Crippen LogP contribution in [0.5, 0.6) is 0 Å². The summed E-state index contributed by atoms with van der Waals surface area (Å²) in [7, 11) is 0. The number of hydrogen-bond acceptors (Lipinski definition) is 4. The Morgan fingerprint density at radius 1 is 1.21 bits per heavy atom. The molecule has 0 amide bonds. The zero-order valence-corrected chi connectivity index (χ0v) is 11.6. The van der Waals surface area contributed by atoms with Crippen LogP contribution in [0.25, 0.3) is 0 Å². The summed E-state index contributed by atoms with van der Waals surface area (Å²) in [5, 5.41) is 7.91. The van der Waals surface area contributed by atoms with E-state index in [1.807, 2.05) is 17.1 Å². The van der Waals surface area contributed by atoms with Crippen LogP contribution in [0.2, 0.25) is 0 Å². The lowest BCUT2D eigenvalue weighted by atomic mass is 10.1. The van der Waals surface area contributed by atoms with Crippen molar-refractivity contribution in [3.8, 4) is 0 Å². The monoisotopic (exact) mass is 259 g/mol. The average molecular weight is 259 g/mol. The molecule has 0 bridgehead atoms. The van der Waals surface area contributed by atoms with Gasteiger partial charge >= 0.3 is 0 Å². The highest BCUT2D eigenvalue weighted by atomic mass is 15.3. The van der Waals surface area contributed by atoms with Crippen molar-refractivity contribution in [1.82, 2.24) is 25.1 Å². The van der Waals surface area contributed by atoms with Gasteiger partial charge in [-0.1, -0.05) is 13.8 Å². The number of hydrogen-bond donors (Lipinski definition) is 1. The second-order valence-electron chi connectivity index (χ2n) is 4.50. The summed E-state index contributed by atoms with van der Waals surface area (Å²) in [4.78, 5) is 8.59. The smallest absolute Gasteiger partial charge is 0.0937 e. The first-order chi connectivity index (χ1) is 9.36. The Hall–Kier alpha value is -1.75. The fourth-order valence-electron chi connectivity index (χ4n) is 2.10. The molecule has 2 aromatic rings. The van der Waals surface area contributed by atoms with Gasteiger partial charge in [-0.2, -0.15) is 5.10 Å². The lowest BCUT2D eigenvalue weighted by Crippen LogP contribution is -2.26. The Bertz CT molecular complexity index is 480. The second kappa shape index (κ2) is 6.99. The molecule has 102 valence electrons. The summed E-state index contributed by atoms with van der Waals surface area (Å²) >= 11 is 0. The number of nitrogens with one attached hydrogen (secondary N) is 1. The first-order valence-electron chi connectivity index (χ1n) is 6.87. The molecular formula is C14H21N5. The Morgan fingerprint density at radius 3 is 2.79 bits per heavy atom. The van der Waals surface area contributed by atoms with E-state index in [0.717, 1.165) is 37.3 Å². The molecule has 1 N–H and O–H groups in total. The molecule has 1 atom stereocenters. The van der Waals surface area contributed by atoms with Crippen molar-refractivity contribution < 1.29 is 0 Å². The Balaban J connectivity index is 2.29. The largest absolute Gasteiger partial charge is 0.304 e. The van der Waals surface area contributed by atoms with Crippen LogP contribution in [-0.2, 0) is 6.54 Å². The van der Waals surface area contributed by atoms with Gasteiger partial charge in [-0.3, -0.25) is 14.6 Å². The van der Waals surface area contributed by atoms with Crippen molar-refractivity contribution in [2.45, 2.75) is 39.3 Å². The van der Waals surface area contributed by atoms with Gasteiger partial charge in [-0.15, -0.1) is 0 Å². The molecule has 0 saturated carbocycles. The summed E-state index contributed by atoms with van der Waals surface area (Å²) in [6, 6.07) is 2.11. The van der Waals surface area contributed by atoms with Crippen LogP contribution in [0, 0.1) is 0 Å². The van der Waals surface area contributed by atoms with E-state index in [1.54, 1.807) is 12.4 Å². The zero-order chi connectivity index (χ0) is 13.5. The molecule has 0 aromatic carbocycles. The maximum absolute atomic E-state index is 4.42. The molecule has 5 heteroatoms. The first-order valence-corrected chi connectivity index (χ1v) is 6.87. The number of aromatic nitrogens is 4. The van der Waals surface area contributed by atoms with Gasteiger partial charge < -0.3 is 5.32 Å². The lowest BCUT2D eigenvalue weighted by Gasteiger charge is -2.19. The van der Waals surface area contributed by atoms with Gasteiger partial charge in [0, 0.05) is 25.1 Å². The first kappa shape index (κ1) is 13.7. The van der Waals surface area contributed by atoms with Crippen molar-refractivity contribution in [1.29, 1.82) is 0 Å². The van der Waals surface area contributed by atoms with Crippen LogP contribution in [0.1, 0.15) is 44.1 Å². The van der Waals surface area contributed by atoms with Gasteiger partial charge in [-0.05, 0) is 25.5 Å². The van der Waals surface area contributed by atoms with Crippen LogP contribution in [0.4, 0.5) is 0 Å². The van der Waals surface area contributed by atoms with E-state index >= 15 is 0 Å². The molecule has 0 aliphatic carbocycles. The molecule has 2 heterocycles. The van der Waals surface area contributed by atoms with E-state index in [2.05, 4.69) is 40.3 Å². The Labute approximate surface area is 114 Å². The number of aryl methyl sites for hydroxylation is 1. The van der Waals surface area contributed by atoms with Crippen molar-refractivity contribution in [2.24, 2.45) is 0 Å². The summed E-state index contributed by atoms with van der Waals surface area (Å²) in [6.45, 7) is 6.18. The molecule has 0 aliphatic heterocycles. The minimum absolute atomic E-state index is 0.0581. The molecule has 0 aliphatic rings. The van der Waals surface area contributed by atoms with Crippen molar-refractivity contribution in [2.75, 3.05) is 6.54 Å². The maximum atomic E-state index is 4.42. The molecule has 0 spiro atoms. The van der Waals surface area contributed by atoms with E-state index < -0.39 is 0 Å². The van der Waals surface area contributed by atoms with Crippen LogP contribution >= 0.6 is 0 Å². The fraction of sp³-hybridized carbons (Fsp3) is 0.500. The van der Waals surface area contributed by atoms with E-state index in [0.29, 0.717) is 0 Å². The predicted molar refractivity (Wildman–Crippen MR) is 74.7 cm³/mol. The maximum Gasteiger partial charge on any atom is 0.0937 e. The normalized spacial score (nSPS) is 12.5. The summed E-state index contributed by atoms with van der Waals surface area (Å²) < 4.78 is 2.04. The summed E-state index contributed by atoms with van der Waals surface area (Å²) in [6.07, 6.45) is 9.24. The van der Waals surface area contributed by atoms with E-state index in [9.17, 15) is 0 Å². The van der Waals surface area contributed by atoms with Gasteiger partial charge in [0.25, 0.3) is 0 Å². The predicted octanol–water partition coefficient (Wildman–Crippen LogP) is 2.17. The summed E-state index contributed by atoms with van der Waals surface area (Å²) in [5.74, 6) is 0. The third-order valence-electron chi connectivity index (χ3n) is 2.96. The SMILES string of the molecule is CCCNC(c1cnccn1)c1ccnn1CCC. The van der Waals surface area contributed by atoms with Gasteiger partial charge in [0.2, 0.25) is 0 Å². The Kier molecular flexibility index (Phi) is 5.03. The van der Waals surface area contributed by atoms with Crippen molar-refractivity contribution in [3.63, 3.8) is 0 Å². The third kappa shape index (κ3) is 3.38. The molecular weight excluding hydrogens is 238 g/mol. The molecule has 1 unspecified atom stereocenters. The lowest BCUT2D eigenvalue weighted by molar-refractivity contribution is 0.504. The van der Waals surface area contributed by atoms with Gasteiger partial charge in [0.05, 0.1) is 23.6 Å². The van der Waals surface area contributed by atoms with Gasteiger partial charge in [0.15, 0.2) is 0 Å². The standard InChI is InChI=1S/C14H21N5/c1-3-6-17-14(12-11-15-8-9-16-12)13-5-7-18-19(13)10-4-2/h5,7-9,11,14,17H,3-4,6,10H2,1-2H3. The van der Waals surface area contributed by atoms with Crippen LogP contribution in [0.15, 0.2) is 30.9 Å². The van der Waals surface area contributed by atoms with Crippen LogP contribution in [0.3, 0.4) is 0 Å². The van der Waals surface area contributed by atoms with E-state index in [4.69, 9.17) is 0 Å². The second-order valence-corrected chi connectivity index (χ2v) is 4.50. The Morgan fingerprint density at radius 2 is 2.11 bits per heavy atom. The number of rotatable bonds is 7. The minimum atomic E-state index is 0.0581. The van der Waals surface area contributed by atoms with E-state index in [-0.39, 0.29) is 6.04 Å². The fourth-order valence-corrected chi connectivity index (χ4v) is 2.10. The minimum Gasteiger partial charge on any atom is -0.304 e. The molecule has 5 nitrogen and oxygen atoms in total. The van der Waals surface area contributed by atoms with Crippen molar-refractivity contribution in [3.05, 3.63) is 42.2 Å². The number of nitrogens with zero attached hydrogens (tertiary/aromatic N) is 4. The van der Waals surface area contributed by atoms with Crippen LogP contribution in [-0.4, -0.2) is 26.3 Å².